The normalized spacial score (nSPS) is 11.9. The highest BCUT2D eigenvalue weighted by atomic mass is 127. The highest BCUT2D eigenvalue weighted by molar-refractivity contribution is 14.1. The van der Waals surface area contributed by atoms with Crippen LogP contribution in [0.4, 0.5) is 8.78 Å². The Labute approximate surface area is 119 Å². The summed E-state index contributed by atoms with van der Waals surface area (Å²) in [5, 5.41) is 0.949. The Balaban J connectivity index is 2.56. The van der Waals surface area contributed by atoms with Crippen LogP contribution in [0, 0.1) is 15.2 Å². The summed E-state index contributed by atoms with van der Waals surface area (Å²) in [4.78, 5) is 0. The lowest BCUT2D eigenvalue weighted by Crippen LogP contribution is -2.29. The highest BCUT2D eigenvalue weighted by Gasteiger charge is 2.17. The third-order valence-electron chi connectivity index (χ3n) is 2.37. The zero-order chi connectivity index (χ0) is 13.5. The van der Waals surface area contributed by atoms with Crippen LogP contribution in [-0.4, -0.2) is 8.32 Å². The summed E-state index contributed by atoms with van der Waals surface area (Å²) in [5.74, 6) is -0.377. The van der Waals surface area contributed by atoms with Gasteiger partial charge in [0.15, 0.2) is 0 Å². The number of hydrogen-bond acceptors (Lipinski definition) is 1. The monoisotopic (exact) mass is 378 g/mol. The van der Waals surface area contributed by atoms with Gasteiger partial charge in [-0.05, 0) is 71.9 Å². The summed E-state index contributed by atoms with van der Waals surface area (Å²) in [7, 11) is -1.71. The van der Waals surface area contributed by atoms with E-state index in [0.717, 1.165) is 0 Å². The summed E-state index contributed by atoms with van der Waals surface area (Å²) < 4.78 is 33.2. The van der Waals surface area contributed by atoms with E-state index >= 15 is 0 Å². The Morgan fingerprint density at radius 3 is 2.39 bits per heavy atom. The topological polar surface area (TPSA) is 9.23 Å². The predicted octanol–water partition coefficient (Wildman–Crippen LogP) is 4.94. The van der Waals surface area contributed by atoms with Crippen molar-refractivity contribution in [3.8, 4) is 5.75 Å². The molecule has 0 aliphatic carbocycles. The molecule has 0 aliphatic heterocycles. The average Bonchev–Trinajstić information content (AvgIpc) is 2.23. The molecule has 5 heteroatoms. The van der Waals surface area contributed by atoms with E-state index in [-0.39, 0.29) is 3.57 Å². The van der Waals surface area contributed by atoms with Gasteiger partial charge >= 0.3 is 0 Å². The van der Waals surface area contributed by atoms with Crippen molar-refractivity contribution in [1.29, 1.82) is 0 Å². The van der Waals surface area contributed by atoms with Gasteiger partial charge in [0.05, 0.1) is 3.57 Å². The third-order valence-corrected chi connectivity index (χ3v) is 4.21. The molecule has 0 aliphatic rings. The quantitative estimate of drug-likeness (QED) is 0.409. The van der Waals surface area contributed by atoms with Crippen LogP contribution in [0.2, 0.25) is 19.6 Å². The molecule has 0 amide bonds. The first kappa shape index (κ1) is 13.7. The molecule has 0 bridgehead atoms. The minimum atomic E-state index is -1.71. The van der Waals surface area contributed by atoms with Crippen LogP contribution in [0.1, 0.15) is 0 Å². The molecule has 96 valence electrons. The molecule has 0 heterocycles. The fourth-order valence-electron chi connectivity index (χ4n) is 1.70. The van der Waals surface area contributed by atoms with Crippen molar-refractivity contribution in [2.24, 2.45) is 0 Å². The van der Waals surface area contributed by atoms with Crippen molar-refractivity contribution in [2.75, 3.05) is 0 Å². The maximum absolute atomic E-state index is 13.8. The highest BCUT2D eigenvalue weighted by Crippen LogP contribution is 2.29. The molecule has 18 heavy (non-hydrogen) atoms. The molecule has 2 aromatic rings. The number of benzene rings is 2. The second-order valence-corrected chi connectivity index (χ2v) is 10.6. The second-order valence-electron chi connectivity index (χ2n) is 5.08. The first-order valence-corrected chi connectivity index (χ1v) is 10.0. The lowest BCUT2D eigenvalue weighted by Gasteiger charge is -2.19. The van der Waals surface area contributed by atoms with Crippen LogP contribution in [0.5, 0.6) is 5.75 Å². The van der Waals surface area contributed by atoms with Crippen LogP contribution in [0.15, 0.2) is 24.3 Å². The second kappa shape index (κ2) is 4.77. The van der Waals surface area contributed by atoms with E-state index in [1.54, 1.807) is 40.8 Å². The molecule has 0 saturated carbocycles. The molecule has 0 N–H and O–H groups in total. The maximum atomic E-state index is 13.8. The van der Waals surface area contributed by atoms with Gasteiger partial charge in [-0.15, -0.1) is 0 Å². The predicted molar refractivity (Wildman–Crippen MR) is 80.6 cm³/mol. The van der Waals surface area contributed by atoms with Crippen LogP contribution in [0.25, 0.3) is 10.8 Å². The van der Waals surface area contributed by atoms with Crippen molar-refractivity contribution < 1.29 is 13.2 Å². The van der Waals surface area contributed by atoms with Gasteiger partial charge in [0.2, 0.25) is 8.32 Å². The summed E-state index contributed by atoms with van der Waals surface area (Å²) in [5.41, 5.74) is 0. The fourth-order valence-corrected chi connectivity index (χ4v) is 2.98. The van der Waals surface area contributed by atoms with E-state index in [4.69, 9.17) is 4.43 Å². The van der Waals surface area contributed by atoms with Crippen molar-refractivity contribution in [2.45, 2.75) is 19.6 Å². The number of fused-ring (bicyclic) bond motifs is 1. The SMILES string of the molecule is C[Si](C)(C)Oc1ccc2c(F)c(I)c(F)cc2c1. The molecule has 0 spiro atoms. The summed E-state index contributed by atoms with van der Waals surface area (Å²) >= 11 is 1.67. The van der Waals surface area contributed by atoms with Gasteiger partial charge in [0.25, 0.3) is 0 Å². The Kier molecular flexibility index (Phi) is 3.64. The number of rotatable bonds is 2. The lowest BCUT2D eigenvalue weighted by atomic mass is 10.1. The van der Waals surface area contributed by atoms with Gasteiger partial charge in [0, 0.05) is 5.39 Å². The smallest absolute Gasteiger partial charge is 0.242 e. The number of hydrogen-bond donors (Lipinski definition) is 0. The van der Waals surface area contributed by atoms with Gasteiger partial charge in [-0.25, -0.2) is 8.78 Å². The number of halogens is 3. The minimum Gasteiger partial charge on any atom is -0.544 e. The van der Waals surface area contributed by atoms with Gasteiger partial charge in [-0.2, -0.15) is 0 Å². The van der Waals surface area contributed by atoms with E-state index < -0.39 is 20.0 Å². The molecule has 0 saturated heterocycles. The van der Waals surface area contributed by atoms with Crippen LogP contribution < -0.4 is 4.43 Å². The molecule has 0 unspecified atom stereocenters. The van der Waals surface area contributed by atoms with Crippen molar-refractivity contribution in [3.05, 3.63) is 39.5 Å². The van der Waals surface area contributed by atoms with Crippen LogP contribution in [0.3, 0.4) is 0 Å². The van der Waals surface area contributed by atoms with E-state index in [9.17, 15) is 8.78 Å². The molecule has 2 aromatic carbocycles. The Morgan fingerprint density at radius 1 is 1.11 bits per heavy atom. The van der Waals surface area contributed by atoms with E-state index in [2.05, 4.69) is 19.6 Å². The molecular formula is C13H13F2IOSi. The van der Waals surface area contributed by atoms with Gasteiger partial charge in [-0.3, -0.25) is 0 Å². The van der Waals surface area contributed by atoms with Crippen LogP contribution in [-0.2, 0) is 0 Å². The first-order valence-electron chi connectivity index (χ1n) is 5.54. The lowest BCUT2D eigenvalue weighted by molar-refractivity contribution is 0.558. The zero-order valence-corrected chi connectivity index (χ0v) is 13.5. The molecule has 0 aromatic heterocycles. The molecule has 0 radical (unpaired) electrons. The van der Waals surface area contributed by atoms with E-state index in [1.165, 1.54) is 6.07 Å². The molecule has 0 fully saturated rings. The Hall–Kier alpha value is -0.693. The summed E-state index contributed by atoms with van der Waals surface area (Å²) in [6.45, 7) is 6.19. The van der Waals surface area contributed by atoms with E-state index in [0.29, 0.717) is 16.5 Å². The van der Waals surface area contributed by atoms with Gasteiger partial charge in [-0.1, -0.05) is 0 Å². The summed E-state index contributed by atoms with van der Waals surface area (Å²) in [6.07, 6.45) is 0. The molecular weight excluding hydrogens is 365 g/mol. The standard InChI is InChI=1S/C13H13F2IOSi/c1-18(2,3)17-9-4-5-10-8(6-9)7-11(14)13(16)12(10)15/h4-7H,1-3H3. The zero-order valence-electron chi connectivity index (χ0n) is 10.4. The Morgan fingerprint density at radius 2 is 1.78 bits per heavy atom. The van der Waals surface area contributed by atoms with Gasteiger partial charge < -0.3 is 4.43 Å². The maximum Gasteiger partial charge on any atom is 0.242 e. The fraction of sp³-hybridized carbons (Fsp3) is 0.231. The third kappa shape index (κ3) is 2.82. The Bertz CT molecular complexity index is 608. The first-order chi connectivity index (χ1) is 8.28. The molecule has 1 nitrogen and oxygen atoms in total. The van der Waals surface area contributed by atoms with Crippen molar-refractivity contribution in [1.82, 2.24) is 0 Å². The summed E-state index contributed by atoms with van der Waals surface area (Å²) in [6, 6.07) is 6.41. The van der Waals surface area contributed by atoms with E-state index in [1.807, 2.05) is 0 Å². The van der Waals surface area contributed by atoms with Crippen LogP contribution >= 0.6 is 22.6 Å². The minimum absolute atomic E-state index is 0.0268. The molecule has 0 atom stereocenters. The van der Waals surface area contributed by atoms with Crippen molar-refractivity contribution in [3.63, 3.8) is 0 Å². The van der Waals surface area contributed by atoms with Gasteiger partial charge in [0.1, 0.15) is 17.4 Å². The average molecular weight is 378 g/mol. The molecule has 2 rings (SSSR count). The largest absolute Gasteiger partial charge is 0.544 e. The van der Waals surface area contributed by atoms with Crippen molar-refractivity contribution >= 4 is 41.7 Å².